The monoisotopic (exact) mass is 429 g/mol. The van der Waals surface area contributed by atoms with Crippen LogP contribution in [0.3, 0.4) is 0 Å². The first-order valence-electron chi connectivity index (χ1n) is 10.8. The number of pyridine rings is 2. The number of rotatable bonds is 6. The predicted octanol–water partition coefficient (Wildman–Crippen LogP) is 3.01. The highest BCUT2D eigenvalue weighted by Gasteiger charge is 2.24. The molecule has 2 aliphatic rings. The van der Waals surface area contributed by atoms with E-state index in [1.807, 2.05) is 35.5 Å². The number of ether oxygens (including phenoxy) is 2. The summed E-state index contributed by atoms with van der Waals surface area (Å²) in [5.74, 6) is 1.99. The van der Waals surface area contributed by atoms with Crippen molar-refractivity contribution in [1.29, 1.82) is 0 Å². The van der Waals surface area contributed by atoms with Gasteiger partial charge in [-0.2, -0.15) is 5.10 Å². The van der Waals surface area contributed by atoms with Gasteiger partial charge in [-0.25, -0.2) is 19.6 Å². The van der Waals surface area contributed by atoms with E-state index in [2.05, 4.69) is 43.3 Å². The molecule has 9 nitrogen and oxygen atoms in total. The highest BCUT2D eigenvalue weighted by atomic mass is 16.5. The zero-order valence-electron chi connectivity index (χ0n) is 17.7. The minimum atomic E-state index is 0.230. The molecule has 0 aromatic carbocycles. The summed E-state index contributed by atoms with van der Waals surface area (Å²) in [5.41, 5.74) is 4.93. The molecule has 6 heterocycles. The quantitative estimate of drug-likeness (QED) is 0.499. The molecule has 4 aromatic heterocycles. The molecule has 6 rings (SSSR count). The summed E-state index contributed by atoms with van der Waals surface area (Å²) in [7, 11) is 0. The van der Waals surface area contributed by atoms with Gasteiger partial charge in [0.25, 0.3) is 0 Å². The first-order chi connectivity index (χ1) is 15.8. The molecule has 1 atom stereocenters. The Morgan fingerprint density at radius 2 is 2.06 bits per heavy atom. The molecule has 0 spiro atoms. The number of aromatic nitrogens is 6. The molecule has 2 aliphatic heterocycles. The van der Waals surface area contributed by atoms with E-state index in [0.717, 1.165) is 52.4 Å². The standard InChI is InChI=1S/C23H23N7O2/c1-14(19-10-24-7-15-2-3-32-22(15)19)6-25-21-5-20(27-13-28-21)16-4-17-9-29-30(18-11-31-12-18)23(17)26-8-16/h4-5,7-10,13-14,18H,2-3,6,11-12H2,1H3,(H,25,27,28). The normalized spacial score (nSPS) is 16.4. The van der Waals surface area contributed by atoms with E-state index >= 15 is 0 Å². The van der Waals surface area contributed by atoms with Gasteiger partial charge >= 0.3 is 0 Å². The maximum absolute atomic E-state index is 5.83. The van der Waals surface area contributed by atoms with Crippen molar-refractivity contribution in [3.05, 3.63) is 54.4 Å². The second-order valence-electron chi connectivity index (χ2n) is 8.30. The lowest BCUT2D eigenvalue weighted by molar-refractivity contribution is -0.0269. The fraction of sp³-hybridized carbons (Fsp3) is 0.348. The molecule has 1 fully saturated rings. The fourth-order valence-corrected chi connectivity index (χ4v) is 4.17. The van der Waals surface area contributed by atoms with E-state index in [0.29, 0.717) is 19.8 Å². The van der Waals surface area contributed by atoms with Crippen LogP contribution >= 0.6 is 0 Å². The molecule has 0 aliphatic carbocycles. The number of fused-ring (bicyclic) bond motifs is 2. The van der Waals surface area contributed by atoms with E-state index in [-0.39, 0.29) is 12.0 Å². The summed E-state index contributed by atoms with van der Waals surface area (Å²) >= 11 is 0. The second kappa shape index (κ2) is 7.83. The summed E-state index contributed by atoms with van der Waals surface area (Å²) < 4.78 is 13.0. The number of hydrogen-bond acceptors (Lipinski definition) is 8. The third-order valence-corrected chi connectivity index (χ3v) is 6.10. The number of hydrogen-bond donors (Lipinski definition) is 1. The Balaban J connectivity index is 1.20. The van der Waals surface area contributed by atoms with Crippen molar-refractivity contribution in [2.24, 2.45) is 0 Å². The summed E-state index contributed by atoms with van der Waals surface area (Å²) in [6.07, 6.45) is 9.99. The van der Waals surface area contributed by atoms with Gasteiger partial charge in [-0.15, -0.1) is 0 Å². The molecule has 4 aromatic rings. The third kappa shape index (κ3) is 3.34. The van der Waals surface area contributed by atoms with Gasteiger partial charge in [0.1, 0.15) is 23.9 Å². The van der Waals surface area contributed by atoms with Crippen LogP contribution in [-0.2, 0) is 11.2 Å². The van der Waals surface area contributed by atoms with E-state index in [1.54, 1.807) is 6.33 Å². The van der Waals surface area contributed by atoms with Gasteiger partial charge in [0.2, 0.25) is 0 Å². The predicted molar refractivity (Wildman–Crippen MR) is 119 cm³/mol. The minimum absolute atomic E-state index is 0.230. The maximum Gasteiger partial charge on any atom is 0.158 e. The highest BCUT2D eigenvalue weighted by molar-refractivity contribution is 5.80. The van der Waals surface area contributed by atoms with Gasteiger partial charge in [-0.3, -0.25) is 4.98 Å². The Labute approximate surface area is 184 Å². The van der Waals surface area contributed by atoms with Crippen LogP contribution in [0.25, 0.3) is 22.3 Å². The van der Waals surface area contributed by atoms with Gasteiger partial charge in [-0.05, 0) is 6.07 Å². The van der Waals surface area contributed by atoms with Gasteiger partial charge < -0.3 is 14.8 Å². The van der Waals surface area contributed by atoms with E-state index < -0.39 is 0 Å². The Bertz CT molecular complexity index is 1280. The summed E-state index contributed by atoms with van der Waals surface area (Å²) in [4.78, 5) is 17.9. The van der Waals surface area contributed by atoms with Crippen LogP contribution in [0.5, 0.6) is 5.75 Å². The van der Waals surface area contributed by atoms with Crippen molar-refractivity contribution < 1.29 is 9.47 Å². The van der Waals surface area contributed by atoms with Crippen LogP contribution in [0.15, 0.2) is 43.2 Å². The maximum atomic E-state index is 5.83. The van der Waals surface area contributed by atoms with Crippen LogP contribution in [0.1, 0.15) is 30.0 Å². The molecule has 0 bridgehead atoms. The van der Waals surface area contributed by atoms with E-state index in [9.17, 15) is 0 Å². The van der Waals surface area contributed by atoms with Crippen LogP contribution in [0, 0.1) is 0 Å². The summed E-state index contributed by atoms with van der Waals surface area (Å²) in [5, 5.41) is 8.90. The van der Waals surface area contributed by atoms with Gasteiger partial charge in [0.15, 0.2) is 5.65 Å². The molecule has 0 amide bonds. The number of nitrogens with one attached hydrogen (secondary N) is 1. The molecule has 32 heavy (non-hydrogen) atoms. The average Bonchev–Trinajstić information content (AvgIpc) is 3.43. The molecule has 0 saturated carbocycles. The van der Waals surface area contributed by atoms with Crippen molar-refractivity contribution in [2.75, 3.05) is 31.7 Å². The lowest BCUT2D eigenvalue weighted by Crippen LogP contribution is -2.31. The Morgan fingerprint density at radius 3 is 2.94 bits per heavy atom. The fourth-order valence-electron chi connectivity index (χ4n) is 4.17. The largest absolute Gasteiger partial charge is 0.493 e. The molecule has 1 unspecified atom stereocenters. The Morgan fingerprint density at radius 1 is 1.12 bits per heavy atom. The van der Waals surface area contributed by atoms with Crippen molar-refractivity contribution >= 4 is 16.9 Å². The first kappa shape index (κ1) is 19.1. The molecular formula is C23H23N7O2. The topological polar surface area (TPSA) is 99.9 Å². The van der Waals surface area contributed by atoms with Gasteiger partial charge in [-0.1, -0.05) is 6.92 Å². The van der Waals surface area contributed by atoms with Crippen LogP contribution in [-0.4, -0.2) is 56.1 Å². The molecule has 0 radical (unpaired) electrons. The van der Waals surface area contributed by atoms with Crippen LogP contribution in [0.2, 0.25) is 0 Å². The smallest absolute Gasteiger partial charge is 0.158 e. The molecule has 162 valence electrons. The molecular weight excluding hydrogens is 406 g/mol. The van der Waals surface area contributed by atoms with E-state index in [4.69, 9.17) is 9.47 Å². The highest BCUT2D eigenvalue weighted by Crippen LogP contribution is 2.33. The van der Waals surface area contributed by atoms with Crippen molar-refractivity contribution in [1.82, 2.24) is 29.7 Å². The average molecular weight is 429 g/mol. The Kier molecular flexibility index (Phi) is 4.68. The summed E-state index contributed by atoms with van der Waals surface area (Å²) in [6.45, 7) is 4.98. The second-order valence-corrected chi connectivity index (χ2v) is 8.30. The van der Waals surface area contributed by atoms with Crippen molar-refractivity contribution in [2.45, 2.75) is 25.3 Å². The molecule has 1 N–H and O–H groups in total. The number of anilines is 1. The zero-order valence-corrected chi connectivity index (χ0v) is 17.7. The van der Waals surface area contributed by atoms with Crippen molar-refractivity contribution in [3.8, 4) is 17.0 Å². The van der Waals surface area contributed by atoms with Crippen LogP contribution < -0.4 is 10.1 Å². The van der Waals surface area contributed by atoms with Gasteiger partial charge in [0.05, 0.1) is 31.7 Å². The molecule has 1 saturated heterocycles. The Hall–Kier alpha value is -3.59. The number of nitrogens with zero attached hydrogens (tertiary/aromatic N) is 6. The first-order valence-corrected chi connectivity index (χ1v) is 10.8. The lowest BCUT2D eigenvalue weighted by Gasteiger charge is -2.26. The van der Waals surface area contributed by atoms with E-state index in [1.165, 1.54) is 5.56 Å². The third-order valence-electron chi connectivity index (χ3n) is 6.10. The van der Waals surface area contributed by atoms with Crippen molar-refractivity contribution in [3.63, 3.8) is 0 Å². The van der Waals surface area contributed by atoms with Crippen LogP contribution in [0.4, 0.5) is 5.82 Å². The molecule has 9 heteroatoms. The summed E-state index contributed by atoms with van der Waals surface area (Å²) in [6, 6.07) is 4.29. The minimum Gasteiger partial charge on any atom is -0.493 e. The lowest BCUT2D eigenvalue weighted by atomic mass is 10.00. The SMILES string of the molecule is CC(CNc1cc(-c2cnc3c(cnn3C3COC3)c2)ncn1)c1cncc2c1OCC2. The van der Waals surface area contributed by atoms with Gasteiger partial charge in [0, 0.05) is 65.6 Å². The zero-order chi connectivity index (χ0) is 21.5.